The molecule has 0 unspecified atom stereocenters. The van der Waals surface area contributed by atoms with Crippen LogP contribution >= 0.6 is 11.3 Å². The van der Waals surface area contributed by atoms with Crippen molar-refractivity contribution >= 4 is 28.9 Å². The fraction of sp³-hybridized carbons (Fsp3) is 0.444. The van der Waals surface area contributed by atoms with Crippen LogP contribution in [0.2, 0.25) is 0 Å². The largest absolute Gasteiger partial charge is 0.378 e. The Morgan fingerprint density at radius 2 is 2.04 bits per heavy atom. The second-order valence-corrected chi connectivity index (χ2v) is 7.57. The first kappa shape index (κ1) is 17.7. The number of ether oxygens (including phenoxy) is 1. The number of urea groups is 1. The lowest BCUT2D eigenvalue weighted by atomic mass is 10.3. The Kier molecular flexibility index (Phi) is 5.55. The quantitative estimate of drug-likeness (QED) is 0.909. The molecule has 0 radical (unpaired) electrons. The van der Waals surface area contributed by atoms with Crippen molar-refractivity contribution in [3.63, 3.8) is 0 Å². The van der Waals surface area contributed by atoms with Crippen molar-refractivity contribution in [2.45, 2.75) is 20.4 Å². The summed E-state index contributed by atoms with van der Waals surface area (Å²) in [6, 6.07) is 7.89. The first-order valence-electron chi connectivity index (χ1n) is 8.40. The minimum absolute atomic E-state index is 0.130. The summed E-state index contributed by atoms with van der Waals surface area (Å²) >= 11 is 1.71. The highest BCUT2D eigenvalue weighted by molar-refractivity contribution is 7.11. The highest BCUT2D eigenvalue weighted by atomic mass is 32.1. The van der Waals surface area contributed by atoms with Crippen molar-refractivity contribution in [1.82, 2.24) is 9.88 Å². The number of pyridine rings is 1. The maximum absolute atomic E-state index is 12.4. The monoisotopic (exact) mass is 360 g/mol. The van der Waals surface area contributed by atoms with E-state index in [0.29, 0.717) is 6.54 Å². The fourth-order valence-corrected chi connectivity index (χ4v) is 3.68. The lowest BCUT2D eigenvalue weighted by Crippen LogP contribution is -2.37. The number of rotatable bonds is 4. The second kappa shape index (κ2) is 7.84. The molecule has 7 heteroatoms. The number of morpholine rings is 1. The van der Waals surface area contributed by atoms with E-state index in [1.165, 1.54) is 9.75 Å². The Bertz CT molecular complexity index is 740. The van der Waals surface area contributed by atoms with Gasteiger partial charge in [-0.1, -0.05) is 0 Å². The first-order chi connectivity index (χ1) is 12.0. The van der Waals surface area contributed by atoms with Gasteiger partial charge in [0.25, 0.3) is 0 Å². The van der Waals surface area contributed by atoms with Crippen LogP contribution in [0.5, 0.6) is 0 Å². The van der Waals surface area contributed by atoms with Crippen LogP contribution in [0.25, 0.3) is 0 Å². The number of carbonyl (C=O) groups is 1. The van der Waals surface area contributed by atoms with E-state index in [2.05, 4.69) is 34.3 Å². The van der Waals surface area contributed by atoms with Gasteiger partial charge in [-0.2, -0.15) is 0 Å². The van der Waals surface area contributed by atoms with Crippen LogP contribution in [0.15, 0.2) is 24.3 Å². The van der Waals surface area contributed by atoms with Crippen molar-refractivity contribution < 1.29 is 9.53 Å². The van der Waals surface area contributed by atoms with E-state index in [0.717, 1.165) is 43.5 Å². The molecule has 0 aromatic carbocycles. The number of thiophene rings is 1. The van der Waals surface area contributed by atoms with Crippen molar-refractivity contribution in [2.24, 2.45) is 0 Å². The van der Waals surface area contributed by atoms with Crippen molar-refractivity contribution in [3.8, 4) is 0 Å². The number of aryl methyl sites for hydroxylation is 2. The lowest BCUT2D eigenvalue weighted by Gasteiger charge is -2.28. The summed E-state index contributed by atoms with van der Waals surface area (Å²) in [6.45, 7) is 7.74. The van der Waals surface area contributed by atoms with Crippen LogP contribution in [-0.4, -0.2) is 49.3 Å². The number of nitrogens with zero attached hydrogens (tertiary/aromatic N) is 3. The number of aromatic nitrogens is 1. The van der Waals surface area contributed by atoms with E-state index in [-0.39, 0.29) is 6.03 Å². The van der Waals surface area contributed by atoms with Gasteiger partial charge in [0, 0.05) is 29.9 Å². The number of hydrogen-bond acceptors (Lipinski definition) is 5. The molecule has 3 heterocycles. The molecule has 1 aliphatic rings. The first-order valence-corrected chi connectivity index (χ1v) is 9.22. The van der Waals surface area contributed by atoms with Gasteiger partial charge in [-0.3, -0.25) is 0 Å². The highest BCUT2D eigenvalue weighted by Crippen LogP contribution is 2.21. The van der Waals surface area contributed by atoms with Crippen molar-refractivity contribution in [3.05, 3.63) is 39.7 Å². The average Bonchev–Trinajstić information content (AvgIpc) is 3.02. The zero-order valence-corrected chi connectivity index (χ0v) is 15.7. The standard InChI is InChI=1S/C18H24N4O2S/c1-13-4-5-15(25-13)12-21(3)18(23)20-16-6-7-17(19-14(16)2)22-8-10-24-11-9-22/h4-7H,8-12H2,1-3H3,(H,20,23). The third kappa shape index (κ3) is 4.49. The Labute approximate surface area is 152 Å². The number of hydrogen-bond donors (Lipinski definition) is 1. The summed E-state index contributed by atoms with van der Waals surface area (Å²) in [5.74, 6) is 0.932. The molecule has 2 aromatic rings. The van der Waals surface area contributed by atoms with Crippen molar-refractivity contribution in [2.75, 3.05) is 43.6 Å². The molecule has 0 spiro atoms. The summed E-state index contributed by atoms with van der Waals surface area (Å²) in [6.07, 6.45) is 0. The Hall–Kier alpha value is -2.12. The summed E-state index contributed by atoms with van der Waals surface area (Å²) in [5, 5.41) is 2.95. The molecule has 1 N–H and O–H groups in total. The van der Waals surface area contributed by atoms with Crippen LogP contribution in [0.4, 0.5) is 16.3 Å². The SMILES string of the molecule is Cc1ccc(CN(C)C(=O)Nc2ccc(N3CCOCC3)nc2C)s1. The lowest BCUT2D eigenvalue weighted by molar-refractivity contribution is 0.122. The summed E-state index contributed by atoms with van der Waals surface area (Å²) in [4.78, 5) is 23.4. The molecule has 3 rings (SSSR count). The minimum Gasteiger partial charge on any atom is -0.378 e. The second-order valence-electron chi connectivity index (χ2n) is 6.20. The number of carbonyl (C=O) groups excluding carboxylic acids is 1. The molecule has 1 fully saturated rings. The van der Waals surface area contributed by atoms with Crippen molar-refractivity contribution in [1.29, 1.82) is 0 Å². The molecule has 0 aliphatic carbocycles. The van der Waals surface area contributed by atoms with Gasteiger partial charge in [0.1, 0.15) is 5.82 Å². The van der Waals surface area contributed by atoms with E-state index in [1.807, 2.05) is 19.1 Å². The van der Waals surface area contributed by atoms with Crippen LogP contribution in [0.1, 0.15) is 15.4 Å². The van der Waals surface area contributed by atoms with E-state index in [9.17, 15) is 4.79 Å². The smallest absolute Gasteiger partial charge is 0.321 e. The molecular weight excluding hydrogens is 336 g/mol. The molecule has 0 bridgehead atoms. The third-order valence-electron chi connectivity index (χ3n) is 4.18. The molecule has 6 nitrogen and oxygen atoms in total. The van der Waals surface area contributed by atoms with Crippen LogP contribution in [0.3, 0.4) is 0 Å². The topological polar surface area (TPSA) is 57.7 Å². The Morgan fingerprint density at radius 3 is 2.68 bits per heavy atom. The van der Waals surface area contributed by atoms with Gasteiger partial charge in [-0.05, 0) is 38.1 Å². The number of amides is 2. The summed E-state index contributed by atoms with van der Waals surface area (Å²) in [7, 11) is 1.80. The van der Waals surface area contributed by atoms with Gasteiger partial charge >= 0.3 is 6.03 Å². The maximum atomic E-state index is 12.4. The Balaban J connectivity index is 1.62. The van der Waals surface area contributed by atoms with E-state index >= 15 is 0 Å². The van der Waals surface area contributed by atoms with Gasteiger partial charge in [-0.15, -0.1) is 11.3 Å². The zero-order valence-electron chi connectivity index (χ0n) is 14.9. The molecule has 2 aromatic heterocycles. The van der Waals surface area contributed by atoms with Gasteiger partial charge < -0.3 is 19.9 Å². The molecular formula is C18H24N4O2S. The van der Waals surface area contributed by atoms with Gasteiger partial charge in [-0.25, -0.2) is 9.78 Å². The Morgan fingerprint density at radius 1 is 1.28 bits per heavy atom. The normalized spacial score (nSPS) is 14.4. The van der Waals surface area contributed by atoms with E-state index < -0.39 is 0 Å². The molecule has 2 amide bonds. The van der Waals surface area contributed by atoms with E-state index in [1.54, 1.807) is 23.3 Å². The summed E-state index contributed by atoms with van der Waals surface area (Å²) < 4.78 is 5.37. The number of anilines is 2. The molecule has 25 heavy (non-hydrogen) atoms. The third-order valence-corrected chi connectivity index (χ3v) is 5.17. The molecule has 1 aliphatic heterocycles. The van der Waals surface area contributed by atoms with Crippen LogP contribution < -0.4 is 10.2 Å². The predicted octanol–water partition coefficient (Wildman–Crippen LogP) is 3.26. The zero-order chi connectivity index (χ0) is 17.8. The molecule has 134 valence electrons. The van der Waals surface area contributed by atoms with Crippen LogP contribution in [-0.2, 0) is 11.3 Å². The molecule has 0 atom stereocenters. The van der Waals surface area contributed by atoms with E-state index in [4.69, 9.17) is 4.74 Å². The average molecular weight is 360 g/mol. The number of nitrogens with one attached hydrogen (secondary N) is 1. The van der Waals surface area contributed by atoms with Gasteiger partial charge in [0.2, 0.25) is 0 Å². The highest BCUT2D eigenvalue weighted by Gasteiger charge is 2.15. The molecule has 0 saturated carbocycles. The van der Waals surface area contributed by atoms with Gasteiger partial charge in [0.05, 0.1) is 31.1 Å². The summed E-state index contributed by atoms with van der Waals surface area (Å²) in [5.41, 5.74) is 1.56. The van der Waals surface area contributed by atoms with Gasteiger partial charge in [0.15, 0.2) is 0 Å². The maximum Gasteiger partial charge on any atom is 0.321 e. The molecule has 1 saturated heterocycles. The fourth-order valence-electron chi connectivity index (χ4n) is 2.73. The predicted molar refractivity (Wildman–Crippen MR) is 102 cm³/mol. The minimum atomic E-state index is -0.130. The van der Waals surface area contributed by atoms with Crippen LogP contribution in [0, 0.1) is 13.8 Å².